The number of ether oxygens (including phenoxy) is 1. The number of carbonyl (C=O) groups excluding carboxylic acids is 1. The summed E-state index contributed by atoms with van der Waals surface area (Å²) < 4.78 is 6.29. The topological polar surface area (TPSA) is 79.9 Å². The summed E-state index contributed by atoms with van der Waals surface area (Å²) in [5.74, 6) is 0.825. The van der Waals surface area contributed by atoms with Gasteiger partial charge in [-0.2, -0.15) is 5.10 Å². The molecule has 28 heavy (non-hydrogen) atoms. The Hall–Kier alpha value is -2.89. The number of fused-ring (bicyclic) bond motifs is 1. The molecule has 0 aliphatic heterocycles. The van der Waals surface area contributed by atoms with E-state index in [-0.39, 0.29) is 18.1 Å². The smallest absolute Gasteiger partial charge is 0.272 e. The highest BCUT2D eigenvalue weighted by molar-refractivity contribution is 5.94. The summed E-state index contributed by atoms with van der Waals surface area (Å²) in [6, 6.07) is 8.23. The SMILES string of the molecule is CCc1[nH]nc(C(=O)NC2CCC(Oc3cccc4cnccc34)CC2)c1C. The average molecular weight is 378 g/mol. The maximum Gasteiger partial charge on any atom is 0.272 e. The van der Waals surface area contributed by atoms with Gasteiger partial charge >= 0.3 is 0 Å². The minimum absolute atomic E-state index is 0.0839. The molecule has 2 N–H and O–H groups in total. The van der Waals surface area contributed by atoms with Crippen molar-refractivity contribution in [2.45, 2.75) is 58.1 Å². The predicted octanol–water partition coefficient (Wildman–Crippen LogP) is 3.95. The first-order valence-electron chi connectivity index (χ1n) is 9.99. The highest BCUT2D eigenvalue weighted by Crippen LogP contribution is 2.29. The van der Waals surface area contributed by atoms with Gasteiger partial charge in [-0.3, -0.25) is 14.9 Å². The van der Waals surface area contributed by atoms with Gasteiger partial charge in [-0.1, -0.05) is 19.1 Å². The Labute approximate surface area is 164 Å². The van der Waals surface area contributed by atoms with Crippen LogP contribution in [0.2, 0.25) is 0 Å². The van der Waals surface area contributed by atoms with Crippen LogP contribution in [0.25, 0.3) is 10.8 Å². The molecule has 0 unspecified atom stereocenters. The standard InChI is InChI=1S/C22H26N4O2/c1-3-19-14(2)21(26-25-19)22(27)24-16-7-9-17(10-8-16)28-20-6-4-5-15-13-23-12-11-18(15)20/h4-6,11-13,16-17H,3,7-10H2,1-2H3,(H,24,27)(H,25,26). The third-order valence-corrected chi connectivity index (χ3v) is 5.62. The fourth-order valence-electron chi connectivity index (χ4n) is 3.95. The van der Waals surface area contributed by atoms with Gasteiger partial charge in [-0.15, -0.1) is 0 Å². The molecule has 0 atom stereocenters. The van der Waals surface area contributed by atoms with E-state index in [0.29, 0.717) is 5.69 Å². The molecule has 0 spiro atoms. The van der Waals surface area contributed by atoms with Gasteiger partial charge in [0, 0.05) is 40.5 Å². The van der Waals surface area contributed by atoms with Crippen molar-refractivity contribution in [3.8, 4) is 5.75 Å². The summed E-state index contributed by atoms with van der Waals surface area (Å²) >= 11 is 0. The molecule has 1 aliphatic rings. The second-order valence-electron chi connectivity index (χ2n) is 7.45. The number of aromatic amines is 1. The number of nitrogens with one attached hydrogen (secondary N) is 2. The third kappa shape index (κ3) is 3.72. The summed E-state index contributed by atoms with van der Waals surface area (Å²) in [6.07, 6.45) is 8.33. The first-order valence-corrected chi connectivity index (χ1v) is 9.99. The molecule has 1 fully saturated rings. The van der Waals surface area contributed by atoms with E-state index in [1.807, 2.05) is 37.4 Å². The Morgan fingerprint density at radius 1 is 1.25 bits per heavy atom. The second-order valence-corrected chi connectivity index (χ2v) is 7.45. The van der Waals surface area contributed by atoms with Crippen LogP contribution in [0.5, 0.6) is 5.75 Å². The van der Waals surface area contributed by atoms with E-state index in [2.05, 4.69) is 27.4 Å². The van der Waals surface area contributed by atoms with E-state index in [1.54, 1.807) is 6.20 Å². The molecular weight excluding hydrogens is 352 g/mol. The van der Waals surface area contributed by atoms with Crippen molar-refractivity contribution in [2.24, 2.45) is 0 Å². The van der Waals surface area contributed by atoms with Gasteiger partial charge in [0.15, 0.2) is 5.69 Å². The van der Waals surface area contributed by atoms with Crippen LogP contribution >= 0.6 is 0 Å². The van der Waals surface area contributed by atoms with Crippen molar-refractivity contribution in [3.05, 3.63) is 53.6 Å². The highest BCUT2D eigenvalue weighted by Gasteiger charge is 2.25. The van der Waals surface area contributed by atoms with Crippen molar-refractivity contribution in [3.63, 3.8) is 0 Å². The number of amides is 1. The lowest BCUT2D eigenvalue weighted by Crippen LogP contribution is -2.40. The van der Waals surface area contributed by atoms with Crippen LogP contribution in [0.4, 0.5) is 0 Å². The monoisotopic (exact) mass is 378 g/mol. The van der Waals surface area contributed by atoms with E-state index >= 15 is 0 Å². The number of aromatic nitrogens is 3. The fourth-order valence-corrected chi connectivity index (χ4v) is 3.95. The maximum absolute atomic E-state index is 12.6. The predicted molar refractivity (Wildman–Crippen MR) is 109 cm³/mol. The lowest BCUT2D eigenvalue weighted by atomic mass is 9.92. The average Bonchev–Trinajstić information content (AvgIpc) is 3.10. The maximum atomic E-state index is 12.6. The van der Waals surface area contributed by atoms with E-state index in [0.717, 1.165) is 59.9 Å². The highest BCUT2D eigenvalue weighted by atomic mass is 16.5. The molecule has 3 aromatic rings. The number of benzene rings is 1. The lowest BCUT2D eigenvalue weighted by Gasteiger charge is -2.29. The van der Waals surface area contributed by atoms with Crippen LogP contribution in [-0.2, 0) is 6.42 Å². The summed E-state index contributed by atoms with van der Waals surface area (Å²) in [5.41, 5.74) is 2.48. The Kier molecular flexibility index (Phi) is 5.28. The molecule has 6 nitrogen and oxygen atoms in total. The zero-order chi connectivity index (χ0) is 19.5. The fraction of sp³-hybridized carbons (Fsp3) is 0.409. The summed E-state index contributed by atoms with van der Waals surface area (Å²) in [6.45, 7) is 4.00. The molecule has 0 saturated heterocycles. The van der Waals surface area contributed by atoms with Gasteiger partial charge in [-0.05, 0) is 51.2 Å². The van der Waals surface area contributed by atoms with Gasteiger partial charge in [0.25, 0.3) is 5.91 Å². The van der Waals surface area contributed by atoms with Crippen molar-refractivity contribution in [2.75, 3.05) is 0 Å². The molecular formula is C22H26N4O2. The van der Waals surface area contributed by atoms with Crippen LogP contribution < -0.4 is 10.1 Å². The van der Waals surface area contributed by atoms with Gasteiger partial charge < -0.3 is 10.1 Å². The van der Waals surface area contributed by atoms with Crippen LogP contribution in [0.15, 0.2) is 36.7 Å². The molecule has 1 aliphatic carbocycles. The summed E-state index contributed by atoms with van der Waals surface area (Å²) in [7, 11) is 0. The molecule has 1 amide bonds. The second kappa shape index (κ2) is 8.00. The first kappa shape index (κ1) is 18.5. The molecule has 2 heterocycles. The molecule has 1 aromatic carbocycles. The molecule has 0 radical (unpaired) electrons. The molecule has 2 aromatic heterocycles. The van der Waals surface area contributed by atoms with E-state index in [9.17, 15) is 4.79 Å². The number of carbonyl (C=O) groups is 1. The van der Waals surface area contributed by atoms with Crippen molar-refractivity contribution >= 4 is 16.7 Å². The molecule has 4 rings (SSSR count). The Morgan fingerprint density at radius 3 is 2.82 bits per heavy atom. The molecule has 6 heteroatoms. The van der Waals surface area contributed by atoms with E-state index in [1.165, 1.54) is 0 Å². The Morgan fingerprint density at radius 2 is 2.07 bits per heavy atom. The number of hydrogen-bond donors (Lipinski definition) is 2. The quantitative estimate of drug-likeness (QED) is 0.704. The minimum Gasteiger partial charge on any atom is -0.490 e. The van der Waals surface area contributed by atoms with Crippen molar-refractivity contribution in [1.29, 1.82) is 0 Å². The number of rotatable bonds is 5. The van der Waals surface area contributed by atoms with Gasteiger partial charge in [0.1, 0.15) is 5.75 Å². The Bertz CT molecular complexity index is 968. The number of hydrogen-bond acceptors (Lipinski definition) is 4. The number of aryl methyl sites for hydroxylation is 1. The minimum atomic E-state index is -0.0839. The van der Waals surface area contributed by atoms with Crippen LogP contribution in [0.1, 0.15) is 54.4 Å². The molecule has 1 saturated carbocycles. The number of H-pyrrole nitrogens is 1. The van der Waals surface area contributed by atoms with Crippen molar-refractivity contribution in [1.82, 2.24) is 20.5 Å². The molecule has 146 valence electrons. The number of pyridine rings is 1. The largest absolute Gasteiger partial charge is 0.490 e. The zero-order valence-corrected chi connectivity index (χ0v) is 16.4. The van der Waals surface area contributed by atoms with Crippen molar-refractivity contribution < 1.29 is 9.53 Å². The first-order chi connectivity index (χ1) is 13.7. The normalized spacial score (nSPS) is 19.5. The van der Waals surface area contributed by atoms with Gasteiger partial charge in [-0.25, -0.2) is 0 Å². The summed E-state index contributed by atoms with van der Waals surface area (Å²) in [5, 5.41) is 12.5. The van der Waals surface area contributed by atoms with E-state index < -0.39 is 0 Å². The lowest BCUT2D eigenvalue weighted by molar-refractivity contribution is 0.0889. The van der Waals surface area contributed by atoms with Crippen LogP contribution in [0.3, 0.4) is 0 Å². The van der Waals surface area contributed by atoms with Crippen LogP contribution in [0, 0.1) is 6.92 Å². The zero-order valence-electron chi connectivity index (χ0n) is 16.4. The van der Waals surface area contributed by atoms with Gasteiger partial charge in [0.2, 0.25) is 0 Å². The Balaban J connectivity index is 1.34. The van der Waals surface area contributed by atoms with Crippen LogP contribution in [-0.4, -0.2) is 33.2 Å². The van der Waals surface area contributed by atoms with E-state index in [4.69, 9.17) is 4.74 Å². The number of nitrogens with zero attached hydrogens (tertiary/aromatic N) is 2. The third-order valence-electron chi connectivity index (χ3n) is 5.62. The summed E-state index contributed by atoms with van der Waals surface area (Å²) in [4.78, 5) is 16.7. The molecule has 0 bridgehead atoms. The van der Waals surface area contributed by atoms with Gasteiger partial charge in [0.05, 0.1) is 6.10 Å².